The van der Waals surface area contributed by atoms with E-state index >= 15 is 0 Å². The highest BCUT2D eigenvalue weighted by molar-refractivity contribution is 6.15. The Morgan fingerprint density at radius 2 is 1.75 bits per heavy atom. The molecule has 0 aliphatic carbocycles. The van der Waals surface area contributed by atoms with E-state index in [9.17, 15) is 9.59 Å². The molecule has 1 aliphatic heterocycles. The van der Waals surface area contributed by atoms with Gasteiger partial charge in [0.15, 0.2) is 11.4 Å². The molecule has 2 heterocycles. The second kappa shape index (κ2) is 5.76. The summed E-state index contributed by atoms with van der Waals surface area (Å²) in [5.74, 6) is -2.06. The molecule has 1 aromatic carbocycles. The van der Waals surface area contributed by atoms with Crippen molar-refractivity contribution in [2.45, 2.75) is 26.6 Å². The van der Waals surface area contributed by atoms with Gasteiger partial charge in [0.2, 0.25) is 0 Å². The molecule has 0 saturated carbocycles. The van der Waals surface area contributed by atoms with E-state index < -0.39 is 17.7 Å². The Morgan fingerprint density at radius 3 is 2.29 bits per heavy atom. The average Bonchev–Trinajstić information content (AvgIpc) is 2.92. The first kappa shape index (κ1) is 15.7. The standard InChI is InChI=1S/C15H15N5O4/c1-9-17-18-19-20(9)11-6-4-10(5-7-11)16-8-12-13(21)23-15(2,3)24-14(12)22/h4-8,16H,1-3H3. The van der Waals surface area contributed by atoms with E-state index in [0.29, 0.717) is 11.5 Å². The highest BCUT2D eigenvalue weighted by atomic mass is 16.7. The summed E-state index contributed by atoms with van der Waals surface area (Å²) in [5, 5.41) is 14.1. The molecule has 0 radical (unpaired) electrons. The van der Waals surface area contributed by atoms with Crippen molar-refractivity contribution in [2.75, 3.05) is 5.32 Å². The van der Waals surface area contributed by atoms with E-state index in [1.807, 2.05) is 0 Å². The summed E-state index contributed by atoms with van der Waals surface area (Å²) < 4.78 is 11.6. The molecule has 24 heavy (non-hydrogen) atoms. The van der Waals surface area contributed by atoms with Crippen LogP contribution >= 0.6 is 0 Å². The first-order valence-electron chi connectivity index (χ1n) is 7.14. The smallest absolute Gasteiger partial charge is 0.350 e. The van der Waals surface area contributed by atoms with Crippen molar-refractivity contribution >= 4 is 17.6 Å². The third-order valence-corrected chi connectivity index (χ3v) is 3.24. The quantitative estimate of drug-likeness (QED) is 0.507. The zero-order chi connectivity index (χ0) is 17.3. The summed E-state index contributed by atoms with van der Waals surface area (Å²) in [6.45, 7) is 4.78. The number of rotatable bonds is 3. The van der Waals surface area contributed by atoms with Crippen LogP contribution in [-0.2, 0) is 19.1 Å². The van der Waals surface area contributed by atoms with Gasteiger partial charge in [-0.25, -0.2) is 9.59 Å². The highest BCUT2D eigenvalue weighted by Crippen LogP contribution is 2.23. The lowest BCUT2D eigenvalue weighted by molar-refractivity contribution is -0.222. The maximum atomic E-state index is 11.8. The predicted octanol–water partition coefficient (Wildman–Crippen LogP) is 1.10. The number of ether oxygens (including phenoxy) is 2. The lowest BCUT2D eigenvalue weighted by Crippen LogP contribution is -2.42. The fourth-order valence-electron chi connectivity index (χ4n) is 2.10. The van der Waals surface area contributed by atoms with E-state index in [-0.39, 0.29) is 5.57 Å². The molecule has 0 bridgehead atoms. The van der Waals surface area contributed by atoms with Crippen molar-refractivity contribution in [1.82, 2.24) is 20.2 Å². The van der Waals surface area contributed by atoms with Crippen molar-refractivity contribution in [3.05, 3.63) is 41.9 Å². The van der Waals surface area contributed by atoms with Crippen molar-refractivity contribution in [3.8, 4) is 5.69 Å². The van der Waals surface area contributed by atoms with Crippen LogP contribution in [0.25, 0.3) is 5.69 Å². The molecule has 1 saturated heterocycles. The second-order valence-electron chi connectivity index (χ2n) is 5.57. The molecule has 1 fully saturated rings. The van der Waals surface area contributed by atoms with Crippen LogP contribution in [0.3, 0.4) is 0 Å². The monoisotopic (exact) mass is 329 g/mol. The SMILES string of the molecule is Cc1nnnn1-c1ccc(NC=C2C(=O)OC(C)(C)OC2=O)cc1. The van der Waals surface area contributed by atoms with Crippen LogP contribution in [0.4, 0.5) is 5.69 Å². The summed E-state index contributed by atoms with van der Waals surface area (Å²) in [7, 11) is 0. The van der Waals surface area contributed by atoms with Gasteiger partial charge in [-0.2, -0.15) is 4.68 Å². The lowest BCUT2D eigenvalue weighted by Gasteiger charge is -2.29. The van der Waals surface area contributed by atoms with Gasteiger partial charge in [-0.05, 0) is 41.6 Å². The number of hydrogen-bond acceptors (Lipinski definition) is 8. The molecule has 0 amide bonds. The van der Waals surface area contributed by atoms with Crippen molar-refractivity contribution in [2.24, 2.45) is 0 Å². The van der Waals surface area contributed by atoms with Crippen LogP contribution in [0.5, 0.6) is 0 Å². The largest absolute Gasteiger partial charge is 0.419 e. The molecular weight excluding hydrogens is 314 g/mol. The van der Waals surface area contributed by atoms with Gasteiger partial charge in [-0.1, -0.05) is 0 Å². The maximum absolute atomic E-state index is 11.8. The fourth-order valence-corrected chi connectivity index (χ4v) is 2.10. The van der Waals surface area contributed by atoms with Gasteiger partial charge in [-0.3, -0.25) is 0 Å². The number of cyclic esters (lactones) is 2. The first-order valence-corrected chi connectivity index (χ1v) is 7.14. The number of benzene rings is 1. The Labute approximate surface area is 137 Å². The minimum absolute atomic E-state index is 0.199. The van der Waals surface area contributed by atoms with E-state index in [0.717, 1.165) is 5.69 Å². The number of aromatic nitrogens is 4. The van der Waals surface area contributed by atoms with E-state index in [2.05, 4.69) is 20.8 Å². The van der Waals surface area contributed by atoms with Crippen molar-refractivity contribution < 1.29 is 19.1 Å². The van der Waals surface area contributed by atoms with E-state index in [1.165, 1.54) is 20.0 Å². The minimum atomic E-state index is -1.25. The molecule has 1 N–H and O–H groups in total. The third kappa shape index (κ3) is 3.09. The van der Waals surface area contributed by atoms with Crippen LogP contribution in [0, 0.1) is 6.92 Å². The van der Waals surface area contributed by atoms with Gasteiger partial charge in [0, 0.05) is 25.7 Å². The number of anilines is 1. The predicted molar refractivity (Wildman–Crippen MR) is 81.9 cm³/mol. The Balaban J connectivity index is 1.74. The molecule has 124 valence electrons. The van der Waals surface area contributed by atoms with Crippen molar-refractivity contribution in [3.63, 3.8) is 0 Å². The number of nitrogens with zero attached hydrogens (tertiary/aromatic N) is 4. The number of esters is 2. The molecule has 9 nitrogen and oxygen atoms in total. The zero-order valence-corrected chi connectivity index (χ0v) is 13.3. The first-order chi connectivity index (χ1) is 11.4. The summed E-state index contributed by atoms with van der Waals surface area (Å²) >= 11 is 0. The summed E-state index contributed by atoms with van der Waals surface area (Å²) in [6.07, 6.45) is 1.26. The number of carbonyl (C=O) groups excluding carboxylic acids is 2. The molecule has 0 spiro atoms. The zero-order valence-electron chi connectivity index (χ0n) is 13.3. The number of nitrogens with one attached hydrogen (secondary N) is 1. The number of hydrogen-bond donors (Lipinski definition) is 1. The summed E-state index contributed by atoms with van der Waals surface area (Å²) in [5.41, 5.74) is 1.26. The Hall–Kier alpha value is -3.23. The number of carbonyl (C=O) groups is 2. The van der Waals surface area contributed by atoms with Crippen LogP contribution in [0.1, 0.15) is 19.7 Å². The lowest BCUT2D eigenvalue weighted by atomic mass is 10.2. The maximum Gasteiger partial charge on any atom is 0.350 e. The molecule has 1 aliphatic rings. The summed E-state index contributed by atoms with van der Waals surface area (Å²) in [6, 6.07) is 7.11. The molecule has 0 unspecified atom stereocenters. The second-order valence-corrected chi connectivity index (χ2v) is 5.57. The Morgan fingerprint density at radius 1 is 1.12 bits per heavy atom. The molecule has 9 heteroatoms. The van der Waals surface area contributed by atoms with Crippen LogP contribution in [0.15, 0.2) is 36.0 Å². The Bertz CT molecular complexity index is 801. The molecule has 2 aromatic rings. The number of tetrazole rings is 1. The molecule has 3 rings (SSSR count). The van der Waals surface area contributed by atoms with Crippen LogP contribution in [-0.4, -0.2) is 37.9 Å². The summed E-state index contributed by atoms with van der Waals surface area (Å²) in [4.78, 5) is 23.7. The van der Waals surface area contributed by atoms with Crippen LogP contribution < -0.4 is 5.32 Å². The Kier molecular flexibility index (Phi) is 3.76. The van der Waals surface area contributed by atoms with Gasteiger partial charge in [-0.15, -0.1) is 5.10 Å². The van der Waals surface area contributed by atoms with Crippen molar-refractivity contribution in [1.29, 1.82) is 0 Å². The van der Waals surface area contributed by atoms with Gasteiger partial charge < -0.3 is 14.8 Å². The molecule has 0 atom stereocenters. The van der Waals surface area contributed by atoms with Gasteiger partial charge in [0.1, 0.15) is 0 Å². The van der Waals surface area contributed by atoms with Gasteiger partial charge in [0.05, 0.1) is 5.69 Å². The third-order valence-electron chi connectivity index (χ3n) is 3.24. The highest BCUT2D eigenvalue weighted by Gasteiger charge is 2.38. The number of aryl methyl sites for hydroxylation is 1. The van der Waals surface area contributed by atoms with E-state index in [4.69, 9.17) is 9.47 Å². The molecular formula is C15H15N5O4. The normalized spacial score (nSPS) is 16.4. The topological polar surface area (TPSA) is 108 Å². The van der Waals surface area contributed by atoms with E-state index in [1.54, 1.807) is 35.9 Å². The fraction of sp³-hybridized carbons (Fsp3) is 0.267. The minimum Gasteiger partial charge on any atom is -0.419 e. The molecule has 1 aromatic heterocycles. The van der Waals surface area contributed by atoms with Gasteiger partial charge in [0.25, 0.3) is 5.79 Å². The average molecular weight is 329 g/mol. The van der Waals surface area contributed by atoms with Gasteiger partial charge >= 0.3 is 11.9 Å². The van der Waals surface area contributed by atoms with Crippen LogP contribution in [0.2, 0.25) is 0 Å².